The van der Waals surface area contributed by atoms with Gasteiger partial charge in [0.2, 0.25) is 0 Å². The number of aromatic nitrogens is 2. The molecular weight excluding hydrogens is 244 g/mol. The number of ether oxygens (including phenoxy) is 1. The second-order valence-corrected chi connectivity index (χ2v) is 4.31. The number of carboxylic acid groups (broad SMARTS) is 1. The molecule has 0 saturated heterocycles. The maximum Gasteiger partial charge on any atom is 0.335 e. The molecule has 0 spiro atoms. The zero-order valence-corrected chi connectivity index (χ0v) is 10.7. The molecule has 5 heteroatoms. The van der Waals surface area contributed by atoms with Crippen molar-refractivity contribution >= 4 is 5.97 Å². The quantitative estimate of drug-likeness (QED) is 0.810. The summed E-state index contributed by atoms with van der Waals surface area (Å²) >= 11 is 0. The van der Waals surface area contributed by atoms with Gasteiger partial charge in [-0.1, -0.05) is 0 Å². The Morgan fingerprint density at radius 1 is 1.37 bits per heavy atom. The fourth-order valence-corrected chi connectivity index (χ4v) is 1.70. The Morgan fingerprint density at radius 3 is 2.68 bits per heavy atom. The Balaban J connectivity index is 1.75. The average Bonchev–Trinajstić information content (AvgIpc) is 2.81. The monoisotopic (exact) mass is 260 g/mol. The molecule has 1 aromatic heterocycles. The summed E-state index contributed by atoms with van der Waals surface area (Å²) in [4.78, 5) is 10.7. The van der Waals surface area contributed by atoms with Gasteiger partial charge in [-0.05, 0) is 36.8 Å². The van der Waals surface area contributed by atoms with Gasteiger partial charge in [0.25, 0.3) is 0 Å². The summed E-state index contributed by atoms with van der Waals surface area (Å²) in [5, 5.41) is 13.0. The third-order valence-electron chi connectivity index (χ3n) is 2.66. The van der Waals surface area contributed by atoms with Gasteiger partial charge in [0.15, 0.2) is 0 Å². The first-order chi connectivity index (χ1) is 9.15. The van der Waals surface area contributed by atoms with Crippen LogP contribution in [0, 0.1) is 6.92 Å². The van der Waals surface area contributed by atoms with E-state index in [0.29, 0.717) is 12.4 Å². The van der Waals surface area contributed by atoms with Gasteiger partial charge in [-0.2, -0.15) is 5.10 Å². The van der Waals surface area contributed by atoms with Crippen LogP contribution in [-0.4, -0.2) is 27.5 Å². The molecule has 1 N–H and O–H groups in total. The van der Waals surface area contributed by atoms with Gasteiger partial charge in [-0.3, -0.25) is 4.68 Å². The van der Waals surface area contributed by atoms with E-state index in [4.69, 9.17) is 9.84 Å². The number of aryl methyl sites for hydroxylation is 2. The minimum absolute atomic E-state index is 0.263. The molecule has 5 nitrogen and oxygen atoms in total. The van der Waals surface area contributed by atoms with E-state index in [2.05, 4.69) is 5.10 Å². The van der Waals surface area contributed by atoms with Crippen LogP contribution in [0.15, 0.2) is 36.7 Å². The van der Waals surface area contributed by atoms with E-state index in [0.717, 1.165) is 18.5 Å². The standard InChI is InChI=1S/C14H16N2O3/c1-11-9-15-16(10-11)7-2-8-19-13-5-3-12(4-6-13)14(17)18/h3-6,9-10H,2,7-8H2,1H3,(H,17,18). The maximum atomic E-state index is 10.7. The molecule has 0 atom stereocenters. The van der Waals surface area contributed by atoms with Crippen LogP contribution in [0.4, 0.5) is 0 Å². The van der Waals surface area contributed by atoms with E-state index >= 15 is 0 Å². The molecule has 0 bridgehead atoms. The number of nitrogens with zero attached hydrogens (tertiary/aromatic N) is 2. The Bertz CT molecular complexity index is 546. The minimum Gasteiger partial charge on any atom is -0.494 e. The lowest BCUT2D eigenvalue weighted by molar-refractivity contribution is 0.0697. The Hall–Kier alpha value is -2.30. The second kappa shape index (κ2) is 6.04. The van der Waals surface area contributed by atoms with Gasteiger partial charge in [0.1, 0.15) is 5.75 Å². The molecule has 0 fully saturated rings. The zero-order chi connectivity index (χ0) is 13.7. The summed E-state index contributed by atoms with van der Waals surface area (Å²) in [6.45, 7) is 3.39. The molecule has 0 aliphatic carbocycles. The van der Waals surface area contributed by atoms with E-state index in [1.807, 2.05) is 24.0 Å². The summed E-state index contributed by atoms with van der Waals surface area (Å²) in [6.07, 6.45) is 4.66. The molecule has 2 rings (SSSR count). The molecule has 100 valence electrons. The van der Waals surface area contributed by atoms with Crippen molar-refractivity contribution in [1.29, 1.82) is 0 Å². The molecule has 0 saturated carbocycles. The van der Waals surface area contributed by atoms with Crippen LogP contribution in [0.3, 0.4) is 0 Å². The van der Waals surface area contributed by atoms with Crippen LogP contribution in [-0.2, 0) is 6.54 Å². The SMILES string of the molecule is Cc1cnn(CCCOc2ccc(C(=O)O)cc2)c1. The molecule has 19 heavy (non-hydrogen) atoms. The number of carboxylic acids is 1. The molecular formula is C14H16N2O3. The van der Waals surface area contributed by atoms with E-state index < -0.39 is 5.97 Å². The molecule has 0 unspecified atom stereocenters. The third kappa shape index (κ3) is 3.84. The number of hydrogen-bond donors (Lipinski definition) is 1. The molecule has 2 aromatic rings. The first-order valence-corrected chi connectivity index (χ1v) is 6.10. The van der Waals surface area contributed by atoms with Crippen LogP contribution >= 0.6 is 0 Å². The number of rotatable bonds is 6. The van der Waals surface area contributed by atoms with E-state index in [1.54, 1.807) is 12.1 Å². The summed E-state index contributed by atoms with van der Waals surface area (Å²) < 4.78 is 7.42. The molecule has 0 amide bonds. The third-order valence-corrected chi connectivity index (χ3v) is 2.66. The lowest BCUT2D eigenvalue weighted by atomic mass is 10.2. The predicted molar refractivity (Wildman–Crippen MR) is 70.5 cm³/mol. The fourth-order valence-electron chi connectivity index (χ4n) is 1.70. The predicted octanol–water partition coefficient (Wildman–Crippen LogP) is 2.36. The number of hydrogen-bond acceptors (Lipinski definition) is 3. The van der Waals surface area contributed by atoms with Crippen molar-refractivity contribution < 1.29 is 14.6 Å². The summed E-state index contributed by atoms with van der Waals surface area (Å²) in [7, 11) is 0. The van der Waals surface area contributed by atoms with E-state index in [-0.39, 0.29) is 5.56 Å². The van der Waals surface area contributed by atoms with Crippen LogP contribution in [0.25, 0.3) is 0 Å². The highest BCUT2D eigenvalue weighted by molar-refractivity contribution is 5.87. The number of benzene rings is 1. The number of carbonyl (C=O) groups is 1. The van der Waals surface area contributed by atoms with Crippen molar-refractivity contribution in [3.8, 4) is 5.75 Å². The first-order valence-electron chi connectivity index (χ1n) is 6.10. The normalized spacial score (nSPS) is 10.4. The van der Waals surface area contributed by atoms with Gasteiger partial charge in [0.05, 0.1) is 18.4 Å². The van der Waals surface area contributed by atoms with Gasteiger partial charge in [-0.15, -0.1) is 0 Å². The van der Waals surface area contributed by atoms with Crippen LogP contribution in [0.2, 0.25) is 0 Å². The fraction of sp³-hybridized carbons (Fsp3) is 0.286. The maximum absolute atomic E-state index is 10.7. The highest BCUT2D eigenvalue weighted by Gasteiger charge is 2.02. The molecule has 1 heterocycles. The Labute approximate surface area is 111 Å². The first kappa shape index (κ1) is 13.1. The van der Waals surface area contributed by atoms with Gasteiger partial charge >= 0.3 is 5.97 Å². The topological polar surface area (TPSA) is 64.4 Å². The highest BCUT2D eigenvalue weighted by atomic mass is 16.5. The zero-order valence-electron chi connectivity index (χ0n) is 10.7. The largest absolute Gasteiger partial charge is 0.494 e. The van der Waals surface area contributed by atoms with E-state index in [1.165, 1.54) is 12.1 Å². The highest BCUT2D eigenvalue weighted by Crippen LogP contribution is 2.12. The van der Waals surface area contributed by atoms with E-state index in [9.17, 15) is 4.79 Å². The lowest BCUT2D eigenvalue weighted by Crippen LogP contribution is -2.05. The van der Waals surface area contributed by atoms with Crippen molar-refractivity contribution in [3.63, 3.8) is 0 Å². The van der Waals surface area contributed by atoms with Crippen molar-refractivity contribution in [2.45, 2.75) is 19.9 Å². The second-order valence-electron chi connectivity index (χ2n) is 4.31. The van der Waals surface area contributed by atoms with Crippen LogP contribution in [0.1, 0.15) is 22.3 Å². The summed E-state index contributed by atoms with van der Waals surface area (Å²) in [5.41, 5.74) is 1.41. The van der Waals surface area contributed by atoms with Gasteiger partial charge in [-0.25, -0.2) is 4.79 Å². The van der Waals surface area contributed by atoms with Gasteiger partial charge < -0.3 is 9.84 Å². The summed E-state index contributed by atoms with van der Waals surface area (Å²) in [6, 6.07) is 6.41. The molecule has 0 radical (unpaired) electrons. The molecule has 0 aliphatic heterocycles. The average molecular weight is 260 g/mol. The number of aromatic carboxylic acids is 1. The van der Waals surface area contributed by atoms with Crippen LogP contribution < -0.4 is 4.74 Å². The van der Waals surface area contributed by atoms with Crippen molar-refractivity contribution in [2.24, 2.45) is 0 Å². The molecule has 0 aliphatic rings. The summed E-state index contributed by atoms with van der Waals surface area (Å²) in [5.74, 6) is -0.248. The Kier molecular flexibility index (Phi) is 4.18. The minimum atomic E-state index is -0.930. The lowest BCUT2D eigenvalue weighted by Gasteiger charge is -2.06. The van der Waals surface area contributed by atoms with Crippen molar-refractivity contribution in [1.82, 2.24) is 9.78 Å². The molecule has 1 aromatic carbocycles. The van der Waals surface area contributed by atoms with Gasteiger partial charge in [0, 0.05) is 19.2 Å². The van der Waals surface area contributed by atoms with Crippen molar-refractivity contribution in [3.05, 3.63) is 47.8 Å². The van der Waals surface area contributed by atoms with Crippen LogP contribution in [0.5, 0.6) is 5.75 Å². The van der Waals surface area contributed by atoms with Crippen molar-refractivity contribution in [2.75, 3.05) is 6.61 Å². The smallest absolute Gasteiger partial charge is 0.335 e. The Morgan fingerprint density at radius 2 is 2.11 bits per heavy atom.